The second-order valence-corrected chi connectivity index (χ2v) is 8.82. The fourth-order valence-electron chi connectivity index (χ4n) is 2.82. The number of alkyl halides is 6. The van der Waals surface area contributed by atoms with E-state index >= 15 is 0 Å². The predicted octanol–water partition coefficient (Wildman–Crippen LogP) is 5.64. The summed E-state index contributed by atoms with van der Waals surface area (Å²) in [6.07, 6.45) is 1.46. The standard InChI is InChI=1S/C20H17F3NS.CHF3O3S/c1-24-12-17(14-7-4-3-5-8-14)19(25-2)18(13-24)15-9-6-10-16(11-15)20(21,22)23;2-1(3,4)8(5,6)7/h3-13H,1-2H3;(H,5,6,7)/q+1;/p-1. The molecule has 178 valence electrons. The van der Waals surface area contributed by atoms with Gasteiger partial charge in [-0.25, -0.2) is 13.0 Å². The molecule has 0 N–H and O–H groups in total. The van der Waals surface area contributed by atoms with Crippen LogP contribution in [0.3, 0.4) is 0 Å². The van der Waals surface area contributed by atoms with E-state index in [0.717, 1.165) is 27.7 Å². The third kappa shape index (κ3) is 6.95. The highest BCUT2D eigenvalue weighted by atomic mass is 32.2. The Morgan fingerprint density at radius 1 is 0.848 bits per heavy atom. The molecule has 4 nitrogen and oxygen atoms in total. The Labute approximate surface area is 190 Å². The second kappa shape index (κ2) is 10.1. The molecule has 12 heteroatoms. The first-order valence-corrected chi connectivity index (χ1v) is 11.6. The molecule has 0 atom stereocenters. The van der Waals surface area contributed by atoms with Crippen LogP contribution in [0, 0.1) is 0 Å². The molecule has 3 rings (SSSR count). The third-order valence-electron chi connectivity index (χ3n) is 4.23. The SMILES string of the molecule is CSc1c(-c2ccccc2)c[n+](C)cc1-c1cccc(C(F)(F)F)c1.O=S(=O)([O-])C(F)(F)F. The summed E-state index contributed by atoms with van der Waals surface area (Å²) in [6, 6.07) is 15.4. The van der Waals surface area contributed by atoms with Crippen molar-refractivity contribution < 1.29 is 43.9 Å². The number of rotatable bonds is 3. The van der Waals surface area contributed by atoms with E-state index in [1.54, 1.807) is 6.07 Å². The molecule has 0 spiro atoms. The second-order valence-electron chi connectivity index (χ2n) is 6.63. The van der Waals surface area contributed by atoms with E-state index in [4.69, 9.17) is 13.0 Å². The molecule has 33 heavy (non-hydrogen) atoms. The Balaban J connectivity index is 0.000000414. The van der Waals surface area contributed by atoms with Crippen molar-refractivity contribution in [3.63, 3.8) is 0 Å². The average Bonchev–Trinajstić information content (AvgIpc) is 2.72. The van der Waals surface area contributed by atoms with Gasteiger partial charge in [0.2, 0.25) is 0 Å². The molecule has 0 radical (unpaired) electrons. The summed E-state index contributed by atoms with van der Waals surface area (Å²) in [5, 5.41) is 0. The summed E-state index contributed by atoms with van der Waals surface area (Å²) in [5.74, 6) is 0. The van der Waals surface area contributed by atoms with Crippen molar-refractivity contribution >= 4 is 21.9 Å². The van der Waals surface area contributed by atoms with Gasteiger partial charge in [-0.05, 0) is 29.5 Å². The number of hydrogen-bond acceptors (Lipinski definition) is 4. The van der Waals surface area contributed by atoms with Crippen molar-refractivity contribution in [2.75, 3.05) is 6.26 Å². The van der Waals surface area contributed by atoms with E-state index < -0.39 is 27.4 Å². The topological polar surface area (TPSA) is 61.1 Å². The molecule has 1 aromatic heterocycles. The molecule has 0 aliphatic heterocycles. The summed E-state index contributed by atoms with van der Waals surface area (Å²) < 4.78 is 100. The first kappa shape index (κ1) is 26.7. The van der Waals surface area contributed by atoms with Gasteiger partial charge in [0.25, 0.3) is 0 Å². The maximum absolute atomic E-state index is 13.1. The Bertz CT molecular complexity index is 1210. The van der Waals surface area contributed by atoms with E-state index in [1.807, 2.05) is 60.6 Å². The Kier molecular flexibility index (Phi) is 8.20. The van der Waals surface area contributed by atoms with Crippen LogP contribution in [0.1, 0.15) is 5.56 Å². The number of nitrogens with zero attached hydrogens (tertiary/aromatic N) is 1. The minimum absolute atomic E-state index is 0.563. The molecule has 3 aromatic rings. The van der Waals surface area contributed by atoms with Crippen LogP contribution >= 0.6 is 11.8 Å². The summed E-state index contributed by atoms with van der Waals surface area (Å²) in [7, 11) is -4.21. The van der Waals surface area contributed by atoms with Gasteiger partial charge in [-0.3, -0.25) is 0 Å². The number of aryl methyl sites for hydroxylation is 1. The molecule has 0 unspecified atom stereocenters. The van der Waals surface area contributed by atoms with Crippen LogP contribution in [0.2, 0.25) is 0 Å². The van der Waals surface area contributed by atoms with E-state index in [2.05, 4.69) is 0 Å². The van der Waals surface area contributed by atoms with Gasteiger partial charge in [0.05, 0.1) is 16.7 Å². The lowest BCUT2D eigenvalue weighted by molar-refractivity contribution is -0.670. The molecule has 0 aliphatic rings. The normalized spacial score (nSPS) is 12.2. The molecular weight excluding hydrogens is 492 g/mol. The highest BCUT2D eigenvalue weighted by molar-refractivity contribution is 7.98. The summed E-state index contributed by atoms with van der Waals surface area (Å²) >= 11 is 1.54. The minimum atomic E-state index is -6.09. The number of benzene rings is 2. The molecule has 0 saturated carbocycles. The zero-order chi connectivity index (χ0) is 25.0. The molecule has 1 heterocycles. The maximum Gasteiger partial charge on any atom is 0.485 e. The van der Waals surface area contributed by atoms with Gasteiger partial charge in [0, 0.05) is 4.90 Å². The summed E-state index contributed by atoms with van der Waals surface area (Å²) in [5.41, 5.74) is -2.88. The summed E-state index contributed by atoms with van der Waals surface area (Å²) in [4.78, 5) is 0.962. The van der Waals surface area contributed by atoms with Crippen molar-refractivity contribution in [3.05, 3.63) is 72.6 Å². The number of thioether (sulfide) groups is 1. The van der Waals surface area contributed by atoms with E-state index in [-0.39, 0.29) is 0 Å². The van der Waals surface area contributed by atoms with Gasteiger partial charge in [0.15, 0.2) is 22.5 Å². The lowest BCUT2D eigenvalue weighted by Gasteiger charge is -2.13. The average molecular weight is 509 g/mol. The molecule has 0 fully saturated rings. The van der Waals surface area contributed by atoms with Crippen molar-refractivity contribution in [1.29, 1.82) is 0 Å². The molecule has 0 amide bonds. The van der Waals surface area contributed by atoms with E-state index in [0.29, 0.717) is 5.56 Å². The highest BCUT2D eigenvalue weighted by Gasteiger charge is 2.37. The van der Waals surface area contributed by atoms with Crippen molar-refractivity contribution in [3.8, 4) is 22.3 Å². The quantitative estimate of drug-likeness (QED) is 0.151. The maximum atomic E-state index is 13.1. The van der Waals surface area contributed by atoms with Crippen LogP contribution in [0.5, 0.6) is 0 Å². The van der Waals surface area contributed by atoms with Crippen LogP contribution in [0.15, 0.2) is 71.9 Å². The highest BCUT2D eigenvalue weighted by Crippen LogP contribution is 2.39. The van der Waals surface area contributed by atoms with Crippen LogP contribution in [0.4, 0.5) is 26.3 Å². The minimum Gasteiger partial charge on any atom is -0.741 e. The van der Waals surface area contributed by atoms with Gasteiger partial charge in [-0.15, -0.1) is 11.8 Å². The smallest absolute Gasteiger partial charge is 0.485 e. The van der Waals surface area contributed by atoms with Crippen molar-refractivity contribution in [1.82, 2.24) is 0 Å². The Morgan fingerprint density at radius 3 is 1.79 bits per heavy atom. The Hall–Kier alpha value is -2.57. The molecule has 2 aromatic carbocycles. The fraction of sp³-hybridized carbons (Fsp3) is 0.190. The van der Waals surface area contributed by atoms with Gasteiger partial charge in [-0.2, -0.15) is 26.3 Å². The van der Waals surface area contributed by atoms with Gasteiger partial charge in [0.1, 0.15) is 7.05 Å². The van der Waals surface area contributed by atoms with Crippen LogP contribution in [0.25, 0.3) is 22.3 Å². The Morgan fingerprint density at radius 2 is 1.33 bits per heavy atom. The zero-order valence-electron chi connectivity index (χ0n) is 17.1. The number of halogens is 6. The monoisotopic (exact) mass is 509 g/mol. The zero-order valence-corrected chi connectivity index (χ0v) is 18.7. The van der Waals surface area contributed by atoms with Crippen LogP contribution < -0.4 is 4.57 Å². The molecule has 0 bridgehead atoms. The third-order valence-corrected chi connectivity index (χ3v) is 5.64. The lowest BCUT2D eigenvalue weighted by atomic mass is 10.00. The van der Waals surface area contributed by atoms with Crippen LogP contribution in [-0.2, 0) is 23.3 Å². The first-order valence-electron chi connectivity index (χ1n) is 8.97. The predicted molar refractivity (Wildman–Crippen MR) is 111 cm³/mol. The van der Waals surface area contributed by atoms with Gasteiger partial charge >= 0.3 is 11.7 Å². The largest absolute Gasteiger partial charge is 0.741 e. The number of hydrogen-bond donors (Lipinski definition) is 0. The van der Waals surface area contributed by atoms with E-state index in [1.165, 1.54) is 23.9 Å². The first-order chi connectivity index (χ1) is 15.1. The summed E-state index contributed by atoms with van der Waals surface area (Å²) in [6.45, 7) is 0. The van der Waals surface area contributed by atoms with Gasteiger partial charge in [-0.1, -0.05) is 42.5 Å². The fourth-order valence-corrected chi connectivity index (χ4v) is 3.60. The van der Waals surface area contributed by atoms with Crippen molar-refractivity contribution in [2.24, 2.45) is 7.05 Å². The van der Waals surface area contributed by atoms with Gasteiger partial charge < -0.3 is 4.55 Å². The number of aromatic nitrogens is 1. The number of pyridine rings is 1. The van der Waals surface area contributed by atoms with E-state index in [9.17, 15) is 26.3 Å². The molecular formula is C21H17F6NO3S2. The molecule has 0 saturated heterocycles. The lowest BCUT2D eigenvalue weighted by Crippen LogP contribution is -2.27. The van der Waals surface area contributed by atoms with Crippen LogP contribution in [-0.4, -0.2) is 24.7 Å². The van der Waals surface area contributed by atoms with Crippen molar-refractivity contribution in [2.45, 2.75) is 16.6 Å². The molecule has 0 aliphatic carbocycles.